The van der Waals surface area contributed by atoms with E-state index in [4.69, 9.17) is 13.1 Å². The normalized spacial score (nSPS) is 14.6. The van der Waals surface area contributed by atoms with Crippen LogP contribution in [0.2, 0.25) is 0 Å². The molecule has 5 aromatic rings. The monoisotopic (exact) mass is 668 g/mol. The van der Waals surface area contributed by atoms with Crippen molar-refractivity contribution in [2.75, 3.05) is 0 Å². The second-order valence-electron chi connectivity index (χ2n) is 11.2. The number of rotatable bonds is 2. The standard InChI is InChI=1S/C38H14F6N6/c1-47-31(15-45)35-27-11-19(21-5-9-33(49-17-21)37(39,40)41)3-7-23(27)25-14-30-26(13-29(25)35)24-8-4-20(12-28(24)36(30)32(16-46)48-2)22-6-10-34(50-18-22)38(42,43)44/h3-14,17-18H/b35-31-,36-32+. The zero-order valence-electron chi connectivity index (χ0n) is 25.0. The van der Waals surface area contributed by atoms with Crippen LogP contribution in [-0.4, -0.2) is 9.97 Å². The Morgan fingerprint density at radius 1 is 0.500 bits per heavy atom. The first-order valence-corrected chi connectivity index (χ1v) is 14.5. The van der Waals surface area contributed by atoms with Gasteiger partial charge < -0.3 is 0 Å². The van der Waals surface area contributed by atoms with E-state index in [1.165, 1.54) is 12.1 Å². The maximum atomic E-state index is 13.1. The lowest BCUT2D eigenvalue weighted by Gasteiger charge is -2.10. The van der Waals surface area contributed by atoms with Crippen molar-refractivity contribution >= 4 is 11.1 Å². The van der Waals surface area contributed by atoms with Crippen molar-refractivity contribution in [2.45, 2.75) is 12.4 Å². The molecule has 0 fully saturated rings. The molecular formula is C38H14F6N6. The highest BCUT2D eigenvalue weighted by Crippen LogP contribution is 2.54. The molecule has 2 heterocycles. The van der Waals surface area contributed by atoms with Crippen molar-refractivity contribution in [1.29, 1.82) is 10.5 Å². The summed E-state index contributed by atoms with van der Waals surface area (Å²) >= 11 is 0. The van der Waals surface area contributed by atoms with Crippen molar-refractivity contribution < 1.29 is 26.3 Å². The number of pyridine rings is 2. The molecule has 2 aliphatic rings. The van der Waals surface area contributed by atoms with E-state index in [1.807, 2.05) is 12.1 Å². The van der Waals surface area contributed by atoms with Crippen LogP contribution >= 0.6 is 0 Å². The molecule has 0 N–H and O–H groups in total. The van der Waals surface area contributed by atoms with Gasteiger partial charge in [-0.15, -0.1) is 0 Å². The predicted octanol–water partition coefficient (Wildman–Crippen LogP) is 10.2. The van der Waals surface area contributed by atoms with Gasteiger partial charge in [-0.05, 0) is 92.0 Å². The summed E-state index contributed by atoms with van der Waals surface area (Å²) in [7, 11) is 0. The molecule has 0 aliphatic heterocycles. The Kier molecular flexibility index (Phi) is 7.14. The van der Waals surface area contributed by atoms with Crippen LogP contribution in [-0.2, 0) is 12.4 Å². The van der Waals surface area contributed by atoms with Crippen molar-refractivity contribution in [3.05, 3.63) is 153 Å². The van der Waals surface area contributed by atoms with Gasteiger partial charge in [0.1, 0.15) is 11.4 Å². The smallest absolute Gasteiger partial charge is 0.251 e. The van der Waals surface area contributed by atoms with Crippen LogP contribution in [0.1, 0.15) is 33.6 Å². The molecule has 6 nitrogen and oxygen atoms in total. The first-order chi connectivity index (χ1) is 23.9. The van der Waals surface area contributed by atoms with E-state index < -0.39 is 23.7 Å². The Bertz CT molecular complexity index is 2320. The van der Waals surface area contributed by atoms with Crippen LogP contribution in [0.15, 0.2) is 96.6 Å². The van der Waals surface area contributed by atoms with Crippen molar-refractivity contribution in [3.8, 4) is 56.6 Å². The fraction of sp³-hybridized carbons (Fsp3) is 0.0526. The molecular weight excluding hydrogens is 654 g/mol. The second kappa shape index (κ2) is 11.3. The molecule has 238 valence electrons. The second-order valence-corrected chi connectivity index (χ2v) is 11.2. The van der Waals surface area contributed by atoms with Crippen LogP contribution in [0.4, 0.5) is 26.3 Å². The summed E-state index contributed by atoms with van der Waals surface area (Å²) in [6.07, 6.45) is -7.03. The van der Waals surface area contributed by atoms with Gasteiger partial charge in [-0.2, -0.15) is 26.3 Å². The van der Waals surface area contributed by atoms with Gasteiger partial charge in [-0.25, -0.2) is 20.2 Å². The van der Waals surface area contributed by atoms with E-state index in [0.717, 1.165) is 24.5 Å². The zero-order chi connectivity index (χ0) is 35.5. The van der Waals surface area contributed by atoms with E-state index in [-0.39, 0.29) is 11.4 Å². The number of allylic oxidation sites excluding steroid dienone is 2. The first-order valence-electron chi connectivity index (χ1n) is 14.5. The Morgan fingerprint density at radius 3 is 1.16 bits per heavy atom. The van der Waals surface area contributed by atoms with Gasteiger partial charge in [0.2, 0.25) is 0 Å². The topological polar surface area (TPSA) is 82.1 Å². The number of hydrogen-bond donors (Lipinski definition) is 0. The molecule has 0 spiro atoms. The van der Waals surface area contributed by atoms with Crippen LogP contribution in [0.3, 0.4) is 0 Å². The average molecular weight is 669 g/mol. The highest BCUT2D eigenvalue weighted by molar-refractivity contribution is 6.11. The number of nitriles is 2. The van der Waals surface area contributed by atoms with Gasteiger partial charge >= 0.3 is 12.4 Å². The third-order valence-electron chi connectivity index (χ3n) is 8.54. The summed E-state index contributed by atoms with van der Waals surface area (Å²) in [4.78, 5) is 14.0. The van der Waals surface area contributed by atoms with E-state index in [2.05, 4.69) is 19.7 Å². The van der Waals surface area contributed by atoms with Gasteiger partial charge in [-0.3, -0.25) is 9.97 Å². The van der Waals surface area contributed by atoms with Crippen molar-refractivity contribution in [1.82, 2.24) is 9.97 Å². The number of benzene rings is 3. The van der Waals surface area contributed by atoms with Gasteiger partial charge in [-0.1, -0.05) is 36.4 Å². The minimum atomic E-state index is -4.61. The molecule has 3 aromatic carbocycles. The Balaban J connectivity index is 1.41. The molecule has 0 amide bonds. The number of aromatic nitrogens is 2. The fourth-order valence-electron chi connectivity index (χ4n) is 6.33. The van der Waals surface area contributed by atoms with Crippen molar-refractivity contribution in [3.63, 3.8) is 0 Å². The van der Waals surface area contributed by atoms with E-state index in [9.17, 15) is 36.9 Å². The molecule has 50 heavy (non-hydrogen) atoms. The fourth-order valence-corrected chi connectivity index (χ4v) is 6.33. The molecule has 0 saturated carbocycles. The molecule has 12 heteroatoms. The number of alkyl halides is 6. The minimum Gasteiger partial charge on any atom is -0.251 e. The van der Waals surface area contributed by atoms with Crippen LogP contribution in [0.25, 0.3) is 65.3 Å². The summed E-state index contributed by atoms with van der Waals surface area (Å²) < 4.78 is 78.8. The maximum Gasteiger partial charge on any atom is 0.433 e. The van der Waals surface area contributed by atoms with E-state index in [0.29, 0.717) is 77.9 Å². The maximum absolute atomic E-state index is 13.1. The molecule has 0 radical (unpaired) electrons. The molecule has 0 bridgehead atoms. The molecule has 2 aliphatic carbocycles. The summed E-state index contributed by atoms with van der Waals surface area (Å²) in [6.45, 7) is 15.5. The van der Waals surface area contributed by atoms with Gasteiger partial charge in [0.15, 0.2) is 0 Å². The molecule has 0 saturated heterocycles. The number of hydrogen-bond acceptors (Lipinski definition) is 4. The average Bonchev–Trinajstić information content (AvgIpc) is 3.59. The van der Waals surface area contributed by atoms with Crippen LogP contribution < -0.4 is 0 Å². The summed E-state index contributed by atoms with van der Waals surface area (Å²) in [5.41, 5.74) is 4.34. The zero-order valence-corrected chi connectivity index (χ0v) is 25.0. The summed E-state index contributed by atoms with van der Waals surface area (Å²) in [6, 6.07) is 21.9. The number of nitrogens with zero attached hydrogens (tertiary/aromatic N) is 6. The van der Waals surface area contributed by atoms with E-state index in [1.54, 1.807) is 48.5 Å². The van der Waals surface area contributed by atoms with Crippen LogP contribution in [0, 0.1) is 35.8 Å². The minimum absolute atomic E-state index is 0.217. The van der Waals surface area contributed by atoms with E-state index >= 15 is 0 Å². The lowest BCUT2D eigenvalue weighted by atomic mass is 9.95. The van der Waals surface area contributed by atoms with Gasteiger partial charge in [0, 0.05) is 34.7 Å². The van der Waals surface area contributed by atoms with Gasteiger partial charge in [0.05, 0.1) is 25.3 Å². The van der Waals surface area contributed by atoms with Crippen molar-refractivity contribution in [2.24, 2.45) is 0 Å². The highest BCUT2D eigenvalue weighted by atomic mass is 19.4. The molecule has 0 unspecified atom stereocenters. The molecule has 2 aromatic heterocycles. The predicted molar refractivity (Wildman–Crippen MR) is 170 cm³/mol. The third-order valence-corrected chi connectivity index (χ3v) is 8.54. The quantitative estimate of drug-likeness (QED) is 0.104. The SMILES string of the molecule is [C-]#[N+]/C(C#N)=C1/c2cc(-c3ccc(C(F)(F)F)nc3)ccc2-c2cc3c(cc21)-c1ccc(-c2ccc(C(F)(F)F)nc2)cc1/C3=C(/C#N)[N+]#[C-]. The Hall–Kier alpha value is -7.02. The summed E-state index contributed by atoms with van der Waals surface area (Å²) in [5, 5.41) is 20.0. The third kappa shape index (κ3) is 4.95. The lowest BCUT2D eigenvalue weighted by molar-refractivity contribution is -0.141. The van der Waals surface area contributed by atoms with Gasteiger partial charge in [0.25, 0.3) is 11.4 Å². The summed E-state index contributed by atoms with van der Waals surface area (Å²) in [5.74, 6) is 0. The lowest BCUT2D eigenvalue weighted by Crippen LogP contribution is -2.07. The number of halogens is 6. The molecule has 7 rings (SSSR count). The molecule has 0 atom stereocenters. The highest BCUT2D eigenvalue weighted by Gasteiger charge is 2.35. The Labute approximate surface area is 279 Å². The Morgan fingerprint density at radius 2 is 0.860 bits per heavy atom. The number of fused-ring (bicyclic) bond motifs is 6. The van der Waals surface area contributed by atoms with Crippen LogP contribution in [0.5, 0.6) is 0 Å². The largest absolute Gasteiger partial charge is 0.433 e. The first kappa shape index (κ1) is 31.6.